The van der Waals surface area contributed by atoms with E-state index in [-0.39, 0.29) is 0 Å². The van der Waals surface area contributed by atoms with Gasteiger partial charge in [-0.1, -0.05) is 91.9 Å². The van der Waals surface area contributed by atoms with Crippen LogP contribution in [-0.2, 0) is 19.3 Å². The second-order valence-electron chi connectivity index (χ2n) is 10.4. The van der Waals surface area contributed by atoms with Gasteiger partial charge in [-0.2, -0.15) is 0 Å². The van der Waals surface area contributed by atoms with Crippen molar-refractivity contribution in [2.24, 2.45) is 5.92 Å². The molecule has 0 radical (unpaired) electrons. The molecule has 200 valence electrons. The van der Waals surface area contributed by atoms with Crippen LogP contribution >= 0.6 is 49.9 Å². The van der Waals surface area contributed by atoms with Gasteiger partial charge in [0, 0.05) is 19.5 Å². The number of rotatable bonds is 18. The van der Waals surface area contributed by atoms with Crippen molar-refractivity contribution < 1.29 is 0 Å². The summed E-state index contributed by atoms with van der Waals surface area (Å²) in [5.41, 5.74) is 4.63. The quantitative estimate of drug-likeness (QED) is 0.126. The van der Waals surface area contributed by atoms with E-state index in [4.69, 9.17) is 0 Å². The maximum absolute atomic E-state index is 3.89. The molecule has 4 heteroatoms. The molecule has 0 aliphatic carbocycles. The number of halogens is 1. The average Bonchev–Trinajstić information content (AvgIpc) is 3.61. The van der Waals surface area contributed by atoms with Gasteiger partial charge in [0.25, 0.3) is 0 Å². The topological polar surface area (TPSA) is 0 Å². The monoisotopic (exact) mass is 606 g/mol. The molecule has 3 aromatic heterocycles. The molecule has 0 saturated carbocycles. The highest BCUT2D eigenvalue weighted by molar-refractivity contribution is 9.11. The molecule has 1 atom stereocenters. The van der Waals surface area contributed by atoms with Gasteiger partial charge in [0.05, 0.1) is 3.79 Å². The van der Waals surface area contributed by atoms with Crippen LogP contribution in [-0.4, -0.2) is 0 Å². The second kappa shape index (κ2) is 16.5. The first-order chi connectivity index (χ1) is 17.6. The fourth-order valence-corrected chi connectivity index (χ4v) is 9.14. The molecule has 0 aromatic carbocycles. The van der Waals surface area contributed by atoms with Crippen LogP contribution in [0.25, 0.3) is 19.5 Å². The van der Waals surface area contributed by atoms with E-state index < -0.39 is 0 Å². The first-order valence-electron chi connectivity index (χ1n) is 14.6. The van der Waals surface area contributed by atoms with Gasteiger partial charge in [0.2, 0.25) is 0 Å². The minimum atomic E-state index is 0.832. The summed E-state index contributed by atoms with van der Waals surface area (Å²) in [6.07, 6.45) is 19.6. The van der Waals surface area contributed by atoms with Crippen LogP contribution in [0.5, 0.6) is 0 Å². The van der Waals surface area contributed by atoms with E-state index in [1.165, 1.54) is 125 Å². The van der Waals surface area contributed by atoms with E-state index in [2.05, 4.69) is 67.2 Å². The Morgan fingerprint density at radius 1 is 0.694 bits per heavy atom. The predicted octanol–water partition coefficient (Wildman–Crippen LogP) is 13.0. The SMILES string of the molecule is CCCCCCc1cc(-c2cc(CCCCCC)c(-c3cc(CC(CC)CCCC)cs3)s2)sc1Br. The van der Waals surface area contributed by atoms with Crippen LogP contribution in [0.3, 0.4) is 0 Å². The number of hydrogen-bond acceptors (Lipinski definition) is 3. The fraction of sp³-hybridized carbons (Fsp3) is 0.625. The van der Waals surface area contributed by atoms with Crippen LogP contribution in [0.4, 0.5) is 0 Å². The maximum Gasteiger partial charge on any atom is 0.0737 e. The summed E-state index contributed by atoms with van der Waals surface area (Å²) in [6, 6.07) is 7.52. The third-order valence-corrected chi connectivity index (χ3v) is 11.8. The van der Waals surface area contributed by atoms with Crippen molar-refractivity contribution in [1.82, 2.24) is 0 Å². The van der Waals surface area contributed by atoms with E-state index >= 15 is 0 Å². The first kappa shape index (κ1) is 30.1. The Labute approximate surface area is 242 Å². The molecule has 3 rings (SSSR count). The lowest BCUT2D eigenvalue weighted by Crippen LogP contribution is -2.02. The molecule has 0 aliphatic heterocycles. The van der Waals surface area contributed by atoms with Crippen molar-refractivity contribution >= 4 is 49.9 Å². The summed E-state index contributed by atoms with van der Waals surface area (Å²) >= 11 is 9.83. The third-order valence-electron chi connectivity index (χ3n) is 7.35. The molecule has 36 heavy (non-hydrogen) atoms. The summed E-state index contributed by atoms with van der Waals surface area (Å²) in [4.78, 5) is 5.94. The highest BCUT2D eigenvalue weighted by Crippen LogP contribution is 2.45. The normalized spacial score (nSPS) is 12.5. The summed E-state index contributed by atoms with van der Waals surface area (Å²) in [5, 5.41) is 2.44. The highest BCUT2D eigenvalue weighted by atomic mass is 79.9. The van der Waals surface area contributed by atoms with Gasteiger partial charge < -0.3 is 0 Å². The zero-order chi connectivity index (χ0) is 25.8. The van der Waals surface area contributed by atoms with Gasteiger partial charge in [0.15, 0.2) is 0 Å². The summed E-state index contributed by atoms with van der Waals surface area (Å²) in [7, 11) is 0. The van der Waals surface area contributed by atoms with Gasteiger partial charge in [-0.3, -0.25) is 0 Å². The van der Waals surface area contributed by atoms with Gasteiger partial charge >= 0.3 is 0 Å². The lowest BCUT2D eigenvalue weighted by atomic mass is 9.93. The van der Waals surface area contributed by atoms with E-state index in [0.717, 1.165) is 5.92 Å². The van der Waals surface area contributed by atoms with E-state index in [9.17, 15) is 0 Å². The van der Waals surface area contributed by atoms with Crippen molar-refractivity contribution in [2.45, 2.75) is 124 Å². The van der Waals surface area contributed by atoms with E-state index in [1.807, 2.05) is 34.0 Å². The Bertz CT molecular complexity index is 1010. The average molecular weight is 608 g/mol. The number of thiophene rings is 3. The number of aryl methyl sites for hydroxylation is 2. The lowest BCUT2D eigenvalue weighted by molar-refractivity contribution is 0.449. The summed E-state index contributed by atoms with van der Waals surface area (Å²) in [6.45, 7) is 9.27. The molecule has 0 bridgehead atoms. The van der Waals surface area contributed by atoms with Crippen molar-refractivity contribution in [2.75, 3.05) is 0 Å². The Hall–Kier alpha value is -0.420. The zero-order valence-electron chi connectivity index (χ0n) is 23.1. The number of unbranched alkanes of at least 4 members (excludes halogenated alkanes) is 7. The molecular weight excluding hydrogens is 560 g/mol. The van der Waals surface area contributed by atoms with Crippen LogP contribution in [0.1, 0.15) is 121 Å². The smallest absolute Gasteiger partial charge is 0.0737 e. The zero-order valence-corrected chi connectivity index (χ0v) is 27.1. The maximum atomic E-state index is 3.89. The number of hydrogen-bond donors (Lipinski definition) is 0. The van der Waals surface area contributed by atoms with Gasteiger partial charge in [0.1, 0.15) is 0 Å². The second-order valence-corrected chi connectivity index (χ2v) is 14.8. The molecule has 1 unspecified atom stereocenters. The standard InChI is InChI=1S/C32H47BrS3/c1-5-9-12-14-17-26-21-28(29-22-27(32(33)36-29)18-15-13-10-6-2)35-31(26)30-20-25(23-34-30)19-24(8-4)16-11-7-3/h20-24H,5-19H2,1-4H3. The Balaban J connectivity index is 1.80. The van der Waals surface area contributed by atoms with Crippen molar-refractivity contribution in [3.63, 3.8) is 0 Å². The Kier molecular flexibility index (Phi) is 13.8. The minimum Gasteiger partial charge on any atom is -0.143 e. The third kappa shape index (κ3) is 9.10. The van der Waals surface area contributed by atoms with Crippen molar-refractivity contribution in [3.8, 4) is 19.5 Å². The van der Waals surface area contributed by atoms with E-state index in [1.54, 1.807) is 11.1 Å². The predicted molar refractivity (Wildman–Crippen MR) is 171 cm³/mol. The molecule has 0 N–H and O–H groups in total. The largest absolute Gasteiger partial charge is 0.143 e. The lowest BCUT2D eigenvalue weighted by Gasteiger charge is -2.12. The van der Waals surface area contributed by atoms with Crippen LogP contribution in [0.2, 0.25) is 0 Å². The Morgan fingerprint density at radius 3 is 2.00 bits per heavy atom. The molecule has 0 fully saturated rings. The van der Waals surface area contributed by atoms with Crippen molar-refractivity contribution in [1.29, 1.82) is 0 Å². The summed E-state index contributed by atoms with van der Waals surface area (Å²) in [5.74, 6) is 0.832. The molecule has 0 nitrogen and oxygen atoms in total. The minimum absolute atomic E-state index is 0.832. The molecule has 0 amide bonds. The summed E-state index contributed by atoms with van der Waals surface area (Å²) < 4.78 is 1.34. The Morgan fingerprint density at radius 2 is 1.33 bits per heavy atom. The highest BCUT2D eigenvalue weighted by Gasteiger charge is 2.18. The molecule has 0 aliphatic rings. The van der Waals surface area contributed by atoms with Gasteiger partial charge in [-0.15, -0.1) is 34.0 Å². The molecule has 0 spiro atoms. The molecule has 3 heterocycles. The van der Waals surface area contributed by atoms with Gasteiger partial charge in [-0.05, 0) is 94.2 Å². The molecule has 0 saturated heterocycles. The van der Waals surface area contributed by atoms with Gasteiger partial charge in [-0.25, -0.2) is 0 Å². The fourth-order valence-electron chi connectivity index (χ4n) is 5.01. The molecule has 3 aromatic rings. The van der Waals surface area contributed by atoms with E-state index in [0.29, 0.717) is 0 Å². The van der Waals surface area contributed by atoms with Crippen molar-refractivity contribution in [3.05, 3.63) is 44.1 Å². The first-order valence-corrected chi connectivity index (χ1v) is 17.9. The molecular formula is C32H47BrS3. The van der Waals surface area contributed by atoms with Crippen LogP contribution in [0, 0.1) is 5.92 Å². The van der Waals surface area contributed by atoms with Crippen LogP contribution in [0.15, 0.2) is 27.4 Å². The van der Waals surface area contributed by atoms with Crippen LogP contribution < -0.4 is 0 Å².